The van der Waals surface area contributed by atoms with Crippen LogP contribution in [0.1, 0.15) is 13.3 Å². The van der Waals surface area contributed by atoms with Crippen molar-refractivity contribution in [3.63, 3.8) is 0 Å². The molecule has 0 spiro atoms. The predicted molar refractivity (Wildman–Crippen MR) is 73.9 cm³/mol. The Bertz CT molecular complexity index is 482. The number of anilines is 1. The summed E-state index contributed by atoms with van der Waals surface area (Å²) >= 11 is 0. The molecule has 1 saturated heterocycles. The molecule has 0 unspecified atom stereocenters. The number of nitrogens with zero attached hydrogens (tertiary/aromatic N) is 2. The third-order valence-electron chi connectivity index (χ3n) is 3.32. The number of hydrogen-bond acceptors (Lipinski definition) is 2. The van der Waals surface area contributed by atoms with Crippen LogP contribution < -0.4 is 5.32 Å². The van der Waals surface area contributed by atoms with Gasteiger partial charge in [-0.2, -0.15) is 0 Å². The highest BCUT2D eigenvalue weighted by Gasteiger charge is 2.23. The van der Waals surface area contributed by atoms with Crippen molar-refractivity contribution in [2.24, 2.45) is 0 Å². The lowest BCUT2D eigenvalue weighted by molar-refractivity contribution is -0.132. The molecule has 0 saturated carbocycles. The van der Waals surface area contributed by atoms with E-state index in [0.29, 0.717) is 38.3 Å². The van der Waals surface area contributed by atoms with Crippen molar-refractivity contribution in [1.29, 1.82) is 0 Å². The molecule has 0 aliphatic carbocycles. The number of rotatable bonds is 2. The zero-order valence-electron chi connectivity index (χ0n) is 11.4. The number of urea groups is 1. The van der Waals surface area contributed by atoms with Gasteiger partial charge >= 0.3 is 6.03 Å². The number of piperazine rings is 1. The van der Waals surface area contributed by atoms with Crippen LogP contribution in [-0.2, 0) is 4.79 Å². The molecule has 0 bridgehead atoms. The quantitative estimate of drug-likeness (QED) is 0.899. The summed E-state index contributed by atoms with van der Waals surface area (Å²) in [6, 6.07) is 5.41. The molecule has 1 fully saturated rings. The number of carbonyl (C=O) groups excluding carboxylic acids is 2. The minimum atomic E-state index is -0.338. The van der Waals surface area contributed by atoms with E-state index in [2.05, 4.69) is 5.32 Å². The van der Waals surface area contributed by atoms with Crippen LogP contribution in [-0.4, -0.2) is 47.9 Å². The Hall–Kier alpha value is -2.11. The first kappa shape index (κ1) is 14.3. The van der Waals surface area contributed by atoms with Gasteiger partial charge in [-0.3, -0.25) is 4.79 Å². The molecule has 0 atom stereocenters. The Morgan fingerprint density at radius 1 is 1.10 bits per heavy atom. The van der Waals surface area contributed by atoms with Crippen LogP contribution in [0.15, 0.2) is 24.3 Å². The zero-order chi connectivity index (χ0) is 14.5. The highest BCUT2D eigenvalue weighted by Crippen LogP contribution is 2.11. The second-order valence-corrected chi connectivity index (χ2v) is 4.66. The summed E-state index contributed by atoms with van der Waals surface area (Å²) in [5.74, 6) is -0.224. The summed E-state index contributed by atoms with van der Waals surface area (Å²) in [4.78, 5) is 27.0. The van der Waals surface area contributed by atoms with E-state index in [9.17, 15) is 14.0 Å². The van der Waals surface area contributed by atoms with Crippen molar-refractivity contribution in [2.45, 2.75) is 13.3 Å². The topological polar surface area (TPSA) is 52.7 Å². The number of carbonyl (C=O) groups is 2. The number of halogens is 1. The van der Waals surface area contributed by atoms with Gasteiger partial charge in [0.1, 0.15) is 5.82 Å². The second kappa shape index (κ2) is 6.36. The first-order valence-corrected chi connectivity index (χ1v) is 6.69. The maximum Gasteiger partial charge on any atom is 0.321 e. The lowest BCUT2D eigenvalue weighted by atomic mass is 10.3. The first-order valence-electron chi connectivity index (χ1n) is 6.69. The van der Waals surface area contributed by atoms with Gasteiger partial charge in [0, 0.05) is 38.3 Å². The molecule has 1 aromatic carbocycles. The largest absolute Gasteiger partial charge is 0.339 e. The highest BCUT2D eigenvalue weighted by molar-refractivity contribution is 5.89. The van der Waals surface area contributed by atoms with Gasteiger partial charge in [0.05, 0.1) is 0 Å². The standard InChI is InChI=1S/C14H18FN3O2/c1-2-13(19)17-7-9-18(10-8-17)14(20)16-12-5-3-11(15)4-6-12/h3-6H,2,7-10H2,1H3,(H,16,20). The van der Waals surface area contributed by atoms with Crippen LogP contribution in [0, 0.1) is 5.82 Å². The highest BCUT2D eigenvalue weighted by atomic mass is 19.1. The molecule has 0 radical (unpaired) electrons. The average molecular weight is 279 g/mol. The van der Waals surface area contributed by atoms with Crippen LogP contribution in [0.25, 0.3) is 0 Å². The van der Waals surface area contributed by atoms with Crippen LogP contribution >= 0.6 is 0 Å². The molecule has 5 nitrogen and oxygen atoms in total. The van der Waals surface area contributed by atoms with E-state index in [1.54, 1.807) is 9.80 Å². The fourth-order valence-electron chi connectivity index (χ4n) is 2.12. The SMILES string of the molecule is CCC(=O)N1CCN(C(=O)Nc2ccc(F)cc2)CC1. The molecule has 6 heteroatoms. The molecule has 1 aliphatic rings. The first-order chi connectivity index (χ1) is 9.60. The number of nitrogens with one attached hydrogen (secondary N) is 1. The lowest BCUT2D eigenvalue weighted by Crippen LogP contribution is -2.51. The Balaban J connectivity index is 1.85. The van der Waals surface area contributed by atoms with Crippen molar-refractivity contribution in [1.82, 2.24) is 9.80 Å². The molecule has 1 N–H and O–H groups in total. The van der Waals surface area contributed by atoms with E-state index >= 15 is 0 Å². The Labute approximate surface area is 117 Å². The van der Waals surface area contributed by atoms with Crippen molar-refractivity contribution in [3.8, 4) is 0 Å². The zero-order valence-corrected chi connectivity index (χ0v) is 11.4. The van der Waals surface area contributed by atoms with Gasteiger partial charge < -0.3 is 15.1 Å². The number of amides is 3. The molecule has 1 heterocycles. The van der Waals surface area contributed by atoms with E-state index in [1.165, 1.54) is 24.3 Å². The normalized spacial score (nSPS) is 15.1. The van der Waals surface area contributed by atoms with Gasteiger partial charge in [0.15, 0.2) is 0 Å². The summed E-state index contributed by atoms with van der Waals surface area (Å²) in [6.45, 7) is 3.97. The summed E-state index contributed by atoms with van der Waals surface area (Å²) in [5.41, 5.74) is 0.559. The lowest BCUT2D eigenvalue weighted by Gasteiger charge is -2.34. The van der Waals surface area contributed by atoms with Gasteiger partial charge in [-0.05, 0) is 24.3 Å². The molecular weight excluding hydrogens is 261 g/mol. The number of hydrogen-bond donors (Lipinski definition) is 1. The smallest absolute Gasteiger partial charge is 0.321 e. The molecule has 1 aliphatic heterocycles. The fraction of sp³-hybridized carbons (Fsp3) is 0.429. The molecule has 1 aromatic rings. The minimum Gasteiger partial charge on any atom is -0.339 e. The molecule has 3 amide bonds. The Morgan fingerprint density at radius 3 is 2.20 bits per heavy atom. The van der Waals surface area contributed by atoms with E-state index in [0.717, 1.165) is 0 Å². The summed E-state index contributed by atoms with van der Waals surface area (Å²) < 4.78 is 12.8. The maximum absolute atomic E-state index is 12.8. The van der Waals surface area contributed by atoms with Gasteiger partial charge in [0.25, 0.3) is 0 Å². The molecule has 2 rings (SSSR count). The van der Waals surface area contributed by atoms with Gasteiger partial charge in [0.2, 0.25) is 5.91 Å². The van der Waals surface area contributed by atoms with Crippen LogP contribution in [0.2, 0.25) is 0 Å². The van der Waals surface area contributed by atoms with Crippen LogP contribution in [0.4, 0.5) is 14.9 Å². The summed E-state index contributed by atoms with van der Waals surface area (Å²) in [7, 11) is 0. The fourth-order valence-corrected chi connectivity index (χ4v) is 2.12. The van der Waals surface area contributed by atoms with E-state index in [1.807, 2.05) is 6.92 Å². The third-order valence-corrected chi connectivity index (χ3v) is 3.32. The van der Waals surface area contributed by atoms with Crippen molar-refractivity contribution in [2.75, 3.05) is 31.5 Å². The average Bonchev–Trinajstić information content (AvgIpc) is 2.49. The molecule has 0 aromatic heterocycles. The monoisotopic (exact) mass is 279 g/mol. The van der Waals surface area contributed by atoms with Crippen molar-refractivity contribution < 1.29 is 14.0 Å². The van der Waals surface area contributed by atoms with E-state index in [4.69, 9.17) is 0 Å². The maximum atomic E-state index is 12.8. The molecular formula is C14H18FN3O2. The van der Waals surface area contributed by atoms with Crippen molar-refractivity contribution in [3.05, 3.63) is 30.1 Å². The minimum absolute atomic E-state index is 0.114. The van der Waals surface area contributed by atoms with E-state index < -0.39 is 0 Å². The van der Waals surface area contributed by atoms with Crippen molar-refractivity contribution >= 4 is 17.6 Å². The molecule has 108 valence electrons. The number of benzene rings is 1. The summed E-state index contributed by atoms with van der Waals surface area (Å²) in [5, 5.41) is 2.71. The van der Waals surface area contributed by atoms with Gasteiger partial charge in [-0.1, -0.05) is 6.92 Å². The van der Waals surface area contributed by atoms with Gasteiger partial charge in [-0.25, -0.2) is 9.18 Å². The van der Waals surface area contributed by atoms with Crippen LogP contribution in [0.3, 0.4) is 0 Å². The summed E-state index contributed by atoms with van der Waals surface area (Å²) in [6.07, 6.45) is 0.488. The predicted octanol–water partition coefficient (Wildman–Crippen LogP) is 1.91. The van der Waals surface area contributed by atoms with Gasteiger partial charge in [-0.15, -0.1) is 0 Å². The van der Waals surface area contributed by atoms with Crippen LogP contribution in [0.5, 0.6) is 0 Å². The Kier molecular flexibility index (Phi) is 4.55. The Morgan fingerprint density at radius 2 is 1.65 bits per heavy atom. The molecule has 20 heavy (non-hydrogen) atoms. The third kappa shape index (κ3) is 3.46. The second-order valence-electron chi connectivity index (χ2n) is 4.66. The van der Waals surface area contributed by atoms with E-state index in [-0.39, 0.29) is 17.8 Å².